The monoisotopic (exact) mass is 337 g/mol. The Labute approximate surface area is 139 Å². The van der Waals surface area contributed by atoms with Crippen LogP contribution in [0.1, 0.15) is 37.7 Å². The standard InChI is InChI=1S/C18H21F2NO3/c19-14-8-13(9-15(20)11-14)10-16(18(23)24)21-17(22)7-6-12-4-2-1-3-5-12/h6-9,11-12,16H,1-5,10H2,(H,21,22)(H,23,24)/b7-6+/t16-/m0/s1. The van der Waals surface area contributed by atoms with Crippen molar-refractivity contribution in [1.29, 1.82) is 0 Å². The van der Waals surface area contributed by atoms with E-state index in [1.807, 2.05) is 6.08 Å². The average molecular weight is 337 g/mol. The van der Waals surface area contributed by atoms with E-state index in [2.05, 4.69) is 5.32 Å². The molecule has 2 N–H and O–H groups in total. The van der Waals surface area contributed by atoms with Crippen LogP contribution in [0.4, 0.5) is 8.78 Å². The Balaban J connectivity index is 1.96. The fraction of sp³-hybridized carbons (Fsp3) is 0.444. The van der Waals surface area contributed by atoms with Crippen molar-refractivity contribution in [2.24, 2.45) is 5.92 Å². The van der Waals surface area contributed by atoms with Crippen LogP contribution in [-0.4, -0.2) is 23.0 Å². The Morgan fingerprint density at radius 1 is 1.17 bits per heavy atom. The topological polar surface area (TPSA) is 66.4 Å². The molecule has 0 bridgehead atoms. The van der Waals surface area contributed by atoms with Gasteiger partial charge >= 0.3 is 5.97 Å². The molecule has 1 aromatic carbocycles. The first-order chi connectivity index (χ1) is 11.4. The van der Waals surface area contributed by atoms with Gasteiger partial charge in [0.25, 0.3) is 0 Å². The number of amides is 1. The van der Waals surface area contributed by atoms with Crippen LogP contribution in [0, 0.1) is 17.6 Å². The first-order valence-corrected chi connectivity index (χ1v) is 8.10. The Morgan fingerprint density at radius 2 is 1.79 bits per heavy atom. The number of allylic oxidation sites excluding steroid dienone is 1. The smallest absolute Gasteiger partial charge is 0.326 e. The molecule has 1 aliphatic rings. The van der Waals surface area contributed by atoms with Gasteiger partial charge in [0.15, 0.2) is 0 Å². The number of nitrogens with one attached hydrogen (secondary N) is 1. The molecule has 1 amide bonds. The molecule has 2 rings (SSSR count). The summed E-state index contributed by atoms with van der Waals surface area (Å²) in [5, 5.41) is 11.6. The molecule has 24 heavy (non-hydrogen) atoms. The molecular formula is C18H21F2NO3. The lowest BCUT2D eigenvalue weighted by Gasteiger charge is -2.18. The maximum atomic E-state index is 13.2. The summed E-state index contributed by atoms with van der Waals surface area (Å²) >= 11 is 0. The van der Waals surface area contributed by atoms with Gasteiger partial charge in [-0.3, -0.25) is 4.79 Å². The average Bonchev–Trinajstić information content (AvgIpc) is 2.52. The van der Waals surface area contributed by atoms with Crippen molar-refractivity contribution < 1.29 is 23.5 Å². The van der Waals surface area contributed by atoms with E-state index < -0.39 is 29.6 Å². The molecule has 1 atom stereocenters. The molecule has 130 valence electrons. The lowest BCUT2D eigenvalue weighted by atomic mass is 9.89. The number of aliphatic carboxylic acids is 1. The number of carbonyl (C=O) groups is 2. The molecule has 1 aliphatic carbocycles. The number of benzene rings is 1. The summed E-state index contributed by atoms with van der Waals surface area (Å²) in [6.07, 6.45) is 8.55. The zero-order valence-corrected chi connectivity index (χ0v) is 13.3. The summed E-state index contributed by atoms with van der Waals surface area (Å²) in [7, 11) is 0. The first-order valence-electron chi connectivity index (χ1n) is 8.10. The zero-order valence-electron chi connectivity index (χ0n) is 13.3. The van der Waals surface area contributed by atoms with Crippen molar-refractivity contribution in [2.45, 2.75) is 44.6 Å². The third kappa shape index (κ3) is 5.76. The second-order valence-corrected chi connectivity index (χ2v) is 6.14. The molecular weight excluding hydrogens is 316 g/mol. The van der Waals surface area contributed by atoms with Crippen molar-refractivity contribution in [1.82, 2.24) is 5.32 Å². The minimum Gasteiger partial charge on any atom is -0.480 e. The van der Waals surface area contributed by atoms with Crippen molar-refractivity contribution in [2.75, 3.05) is 0 Å². The largest absolute Gasteiger partial charge is 0.480 e. The van der Waals surface area contributed by atoms with Crippen LogP contribution in [0.3, 0.4) is 0 Å². The molecule has 0 saturated heterocycles. The highest BCUT2D eigenvalue weighted by atomic mass is 19.1. The van der Waals surface area contributed by atoms with E-state index in [-0.39, 0.29) is 12.0 Å². The van der Waals surface area contributed by atoms with Gasteiger partial charge < -0.3 is 10.4 Å². The lowest BCUT2D eigenvalue weighted by molar-refractivity contribution is -0.141. The molecule has 1 saturated carbocycles. The summed E-state index contributed by atoms with van der Waals surface area (Å²) in [5.41, 5.74) is 0.177. The van der Waals surface area contributed by atoms with E-state index >= 15 is 0 Å². The summed E-state index contributed by atoms with van der Waals surface area (Å²) in [6, 6.07) is 1.59. The maximum absolute atomic E-state index is 13.2. The second kappa shape index (κ2) is 8.57. The van der Waals surface area contributed by atoms with E-state index in [0.717, 1.165) is 37.8 Å². The van der Waals surface area contributed by atoms with Crippen LogP contribution in [-0.2, 0) is 16.0 Å². The van der Waals surface area contributed by atoms with Crippen molar-refractivity contribution in [3.63, 3.8) is 0 Å². The highest BCUT2D eigenvalue weighted by Gasteiger charge is 2.20. The van der Waals surface area contributed by atoms with Gasteiger partial charge in [0.1, 0.15) is 17.7 Å². The minimum absolute atomic E-state index is 0.177. The van der Waals surface area contributed by atoms with Crippen LogP contribution in [0.25, 0.3) is 0 Å². The van der Waals surface area contributed by atoms with Gasteiger partial charge in [0, 0.05) is 12.5 Å². The molecule has 0 aliphatic heterocycles. The lowest BCUT2D eigenvalue weighted by Crippen LogP contribution is -2.41. The third-order valence-corrected chi connectivity index (χ3v) is 4.15. The molecule has 4 nitrogen and oxygen atoms in total. The third-order valence-electron chi connectivity index (χ3n) is 4.15. The Bertz CT molecular complexity index is 604. The van der Waals surface area contributed by atoms with E-state index in [9.17, 15) is 23.5 Å². The quantitative estimate of drug-likeness (QED) is 0.783. The molecule has 6 heteroatoms. The Hall–Kier alpha value is -2.24. The van der Waals surface area contributed by atoms with Gasteiger partial charge in [-0.15, -0.1) is 0 Å². The molecule has 0 spiro atoms. The van der Waals surface area contributed by atoms with Crippen molar-refractivity contribution in [3.05, 3.63) is 47.5 Å². The molecule has 0 unspecified atom stereocenters. The number of rotatable bonds is 6. The molecule has 1 aromatic rings. The number of carboxylic acid groups (broad SMARTS) is 1. The fourth-order valence-electron chi connectivity index (χ4n) is 2.93. The van der Waals surface area contributed by atoms with Gasteiger partial charge in [0.2, 0.25) is 5.91 Å². The van der Waals surface area contributed by atoms with Crippen LogP contribution < -0.4 is 5.32 Å². The molecule has 0 aromatic heterocycles. The predicted octanol–water partition coefficient (Wildman–Crippen LogP) is 3.21. The van der Waals surface area contributed by atoms with Gasteiger partial charge in [-0.1, -0.05) is 25.3 Å². The number of carbonyl (C=O) groups excluding carboxylic acids is 1. The summed E-state index contributed by atoms with van der Waals surface area (Å²) in [5.74, 6) is -2.97. The minimum atomic E-state index is -1.25. The van der Waals surface area contributed by atoms with Crippen LogP contribution in [0.15, 0.2) is 30.4 Å². The summed E-state index contributed by atoms with van der Waals surface area (Å²) < 4.78 is 26.4. The van der Waals surface area contributed by atoms with Gasteiger partial charge in [0.05, 0.1) is 0 Å². The molecule has 0 radical (unpaired) electrons. The van der Waals surface area contributed by atoms with Crippen LogP contribution in [0.5, 0.6) is 0 Å². The van der Waals surface area contributed by atoms with Gasteiger partial charge in [-0.25, -0.2) is 13.6 Å². The number of hydrogen-bond donors (Lipinski definition) is 2. The summed E-state index contributed by atoms with van der Waals surface area (Å²) in [6.45, 7) is 0. The van der Waals surface area contributed by atoms with E-state index in [4.69, 9.17) is 0 Å². The zero-order chi connectivity index (χ0) is 17.5. The first kappa shape index (κ1) is 18.1. The molecule has 0 heterocycles. The van der Waals surface area contributed by atoms with Crippen molar-refractivity contribution in [3.8, 4) is 0 Å². The Kier molecular flexibility index (Phi) is 6.46. The van der Waals surface area contributed by atoms with E-state index in [1.54, 1.807) is 0 Å². The highest BCUT2D eigenvalue weighted by Crippen LogP contribution is 2.24. The number of halogens is 2. The van der Waals surface area contributed by atoms with E-state index in [1.165, 1.54) is 12.5 Å². The van der Waals surface area contributed by atoms with Gasteiger partial charge in [-0.05, 0) is 42.5 Å². The van der Waals surface area contributed by atoms with Crippen LogP contribution in [0.2, 0.25) is 0 Å². The van der Waals surface area contributed by atoms with Crippen molar-refractivity contribution >= 4 is 11.9 Å². The maximum Gasteiger partial charge on any atom is 0.326 e. The summed E-state index contributed by atoms with van der Waals surface area (Å²) in [4.78, 5) is 23.2. The second-order valence-electron chi connectivity index (χ2n) is 6.14. The Morgan fingerprint density at radius 3 is 2.38 bits per heavy atom. The molecule has 1 fully saturated rings. The van der Waals surface area contributed by atoms with Crippen LogP contribution >= 0.6 is 0 Å². The number of hydrogen-bond acceptors (Lipinski definition) is 2. The van der Waals surface area contributed by atoms with Gasteiger partial charge in [-0.2, -0.15) is 0 Å². The SMILES string of the molecule is O=C(/C=C/C1CCCCC1)N[C@@H](Cc1cc(F)cc(F)c1)C(=O)O. The number of carboxylic acids is 1. The van der Waals surface area contributed by atoms with E-state index in [0.29, 0.717) is 12.0 Å². The highest BCUT2D eigenvalue weighted by molar-refractivity contribution is 5.91. The normalized spacial score (nSPS) is 16.9. The fourth-order valence-corrected chi connectivity index (χ4v) is 2.93. The predicted molar refractivity (Wildman–Crippen MR) is 85.3 cm³/mol.